The second-order valence-corrected chi connectivity index (χ2v) is 6.81. The summed E-state index contributed by atoms with van der Waals surface area (Å²) in [5.74, 6) is -1.88. The highest BCUT2D eigenvalue weighted by molar-refractivity contribution is 5.94. The molecule has 0 atom stereocenters. The van der Waals surface area contributed by atoms with Crippen molar-refractivity contribution in [2.75, 3.05) is 26.2 Å². The zero-order valence-corrected chi connectivity index (χ0v) is 13.7. The average molecular weight is 324 g/mol. The molecule has 1 saturated heterocycles. The summed E-state index contributed by atoms with van der Waals surface area (Å²) in [7, 11) is 0. The second kappa shape index (κ2) is 6.64. The Hall–Kier alpha value is -1.98. The smallest absolute Gasteiger partial charge is 0.256 e. The summed E-state index contributed by atoms with van der Waals surface area (Å²) in [6, 6.07) is 2.86. The quantitative estimate of drug-likeness (QED) is 0.797. The Morgan fingerprint density at radius 3 is 2.26 bits per heavy atom. The van der Waals surface area contributed by atoms with E-state index in [2.05, 4.69) is 0 Å². The molecule has 23 heavy (non-hydrogen) atoms. The largest absolute Gasteiger partial charge is 0.340 e. The van der Waals surface area contributed by atoms with Crippen LogP contribution >= 0.6 is 0 Å². The third-order valence-corrected chi connectivity index (χ3v) is 3.87. The van der Waals surface area contributed by atoms with Crippen LogP contribution in [0.5, 0.6) is 0 Å². The van der Waals surface area contributed by atoms with Gasteiger partial charge < -0.3 is 9.80 Å². The Balaban J connectivity index is 2.10. The molecule has 0 bridgehead atoms. The van der Waals surface area contributed by atoms with Crippen LogP contribution in [-0.4, -0.2) is 47.8 Å². The Kier molecular flexibility index (Phi) is 5.02. The van der Waals surface area contributed by atoms with Crippen molar-refractivity contribution in [3.05, 3.63) is 35.4 Å². The number of amides is 2. The fourth-order valence-corrected chi connectivity index (χ4v) is 2.63. The molecule has 1 aliphatic rings. The van der Waals surface area contributed by atoms with Crippen molar-refractivity contribution in [2.24, 2.45) is 5.41 Å². The molecule has 2 amide bonds. The minimum Gasteiger partial charge on any atom is -0.340 e. The van der Waals surface area contributed by atoms with Crippen LogP contribution in [0.2, 0.25) is 0 Å². The molecule has 1 aromatic carbocycles. The van der Waals surface area contributed by atoms with Gasteiger partial charge in [0.1, 0.15) is 11.6 Å². The van der Waals surface area contributed by atoms with E-state index >= 15 is 0 Å². The first kappa shape index (κ1) is 17.4. The number of carbonyl (C=O) groups excluding carboxylic acids is 2. The van der Waals surface area contributed by atoms with Crippen LogP contribution < -0.4 is 0 Å². The van der Waals surface area contributed by atoms with E-state index in [0.717, 1.165) is 18.2 Å². The fraction of sp³-hybridized carbons (Fsp3) is 0.529. The van der Waals surface area contributed by atoms with Crippen LogP contribution in [0.1, 0.15) is 37.6 Å². The highest BCUT2D eigenvalue weighted by Crippen LogP contribution is 2.20. The van der Waals surface area contributed by atoms with Crippen LogP contribution in [0.25, 0.3) is 0 Å². The molecule has 0 aromatic heterocycles. The van der Waals surface area contributed by atoms with Gasteiger partial charge in [0, 0.05) is 31.6 Å². The molecule has 0 unspecified atom stereocenters. The lowest BCUT2D eigenvalue weighted by Crippen LogP contribution is -2.42. The van der Waals surface area contributed by atoms with E-state index in [4.69, 9.17) is 0 Å². The van der Waals surface area contributed by atoms with Crippen molar-refractivity contribution >= 4 is 11.8 Å². The predicted octanol–water partition coefficient (Wildman–Crippen LogP) is 2.69. The van der Waals surface area contributed by atoms with Crippen molar-refractivity contribution in [2.45, 2.75) is 27.2 Å². The van der Waals surface area contributed by atoms with Gasteiger partial charge in [-0.2, -0.15) is 0 Å². The summed E-state index contributed by atoms with van der Waals surface area (Å²) < 4.78 is 27.0. The maximum atomic E-state index is 13.8. The van der Waals surface area contributed by atoms with Crippen molar-refractivity contribution in [3.8, 4) is 0 Å². The van der Waals surface area contributed by atoms with Crippen LogP contribution in [0.3, 0.4) is 0 Å². The van der Waals surface area contributed by atoms with E-state index in [1.54, 1.807) is 4.90 Å². The van der Waals surface area contributed by atoms with Gasteiger partial charge in [0.2, 0.25) is 5.91 Å². The minimum atomic E-state index is -0.733. The molecule has 4 nitrogen and oxygen atoms in total. The number of rotatable bonds is 1. The minimum absolute atomic E-state index is 0.0312. The number of carbonyl (C=O) groups is 2. The van der Waals surface area contributed by atoms with Gasteiger partial charge in [-0.3, -0.25) is 9.59 Å². The summed E-state index contributed by atoms with van der Waals surface area (Å²) >= 11 is 0. The van der Waals surface area contributed by atoms with Gasteiger partial charge in [0.15, 0.2) is 0 Å². The Morgan fingerprint density at radius 2 is 1.61 bits per heavy atom. The van der Waals surface area contributed by atoms with Gasteiger partial charge in [0.25, 0.3) is 5.91 Å². The van der Waals surface area contributed by atoms with Crippen molar-refractivity contribution in [1.82, 2.24) is 9.80 Å². The second-order valence-electron chi connectivity index (χ2n) is 6.81. The summed E-state index contributed by atoms with van der Waals surface area (Å²) in [6.07, 6.45) is 0.616. The van der Waals surface area contributed by atoms with Crippen molar-refractivity contribution in [3.63, 3.8) is 0 Å². The fourth-order valence-electron chi connectivity index (χ4n) is 2.63. The van der Waals surface area contributed by atoms with Gasteiger partial charge in [-0.05, 0) is 24.6 Å². The maximum absolute atomic E-state index is 13.8. The molecule has 1 aliphatic heterocycles. The standard InChI is InChI=1S/C17H22F2N2O2/c1-17(2,3)16(23)21-8-4-7-20(9-10-21)15(22)13-11-12(18)5-6-14(13)19/h5-6,11H,4,7-10H2,1-3H3. The first-order chi connectivity index (χ1) is 10.7. The summed E-state index contributed by atoms with van der Waals surface area (Å²) in [4.78, 5) is 28.0. The third kappa shape index (κ3) is 4.06. The topological polar surface area (TPSA) is 40.6 Å². The third-order valence-electron chi connectivity index (χ3n) is 3.87. The molecule has 0 saturated carbocycles. The number of benzene rings is 1. The number of hydrogen-bond donors (Lipinski definition) is 0. The Bertz CT molecular complexity index is 611. The molecule has 126 valence electrons. The van der Waals surface area contributed by atoms with Gasteiger partial charge >= 0.3 is 0 Å². The van der Waals surface area contributed by atoms with E-state index in [-0.39, 0.29) is 11.5 Å². The summed E-state index contributed by atoms with van der Waals surface area (Å²) in [6.45, 7) is 7.26. The monoisotopic (exact) mass is 324 g/mol. The molecule has 0 spiro atoms. The molecule has 0 radical (unpaired) electrons. The van der Waals surface area contributed by atoms with E-state index in [1.165, 1.54) is 4.90 Å². The van der Waals surface area contributed by atoms with E-state index in [0.29, 0.717) is 32.6 Å². The average Bonchev–Trinajstić information content (AvgIpc) is 2.73. The summed E-state index contributed by atoms with van der Waals surface area (Å²) in [5, 5.41) is 0. The molecule has 0 aliphatic carbocycles. The van der Waals surface area contributed by atoms with E-state index in [9.17, 15) is 18.4 Å². The lowest BCUT2D eigenvalue weighted by atomic mass is 9.94. The Labute approximate surface area is 135 Å². The molecular formula is C17H22F2N2O2. The zero-order chi connectivity index (χ0) is 17.2. The van der Waals surface area contributed by atoms with Gasteiger partial charge in [-0.1, -0.05) is 20.8 Å². The first-order valence-corrected chi connectivity index (χ1v) is 7.74. The molecule has 6 heteroatoms. The lowest BCUT2D eigenvalue weighted by Gasteiger charge is -2.28. The normalized spacial score (nSPS) is 16.2. The van der Waals surface area contributed by atoms with Gasteiger partial charge in [0.05, 0.1) is 5.56 Å². The van der Waals surface area contributed by atoms with Crippen molar-refractivity contribution in [1.29, 1.82) is 0 Å². The molecule has 1 heterocycles. The van der Waals surface area contributed by atoms with E-state index < -0.39 is 23.0 Å². The van der Waals surface area contributed by atoms with Crippen LogP contribution in [-0.2, 0) is 4.79 Å². The molecule has 1 fully saturated rings. The van der Waals surface area contributed by atoms with Crippen LogP contribution in [0, 0.1) is 17.0 Å². The highest BCUT2D eigenvalue weighted by Gasteiger charge is 2.30. The molecular weight excluding hydrogens is 302 g/mol. The van der Waals surface area contributed by atoms with Gasteiger partial charge in [-0.15, -0.1) is 0 Å². The first-order valence-electron chi connectivity index (χ1n) is 7.74. The van der Waals surface area contributed by atoms with Crippen LogP contribution in [0.4, 0.5) is 8.78 Å². The highest BCUT2D eigenvalue weighted by atomic mass is 19.1. The molecule has 0 N–H and O–H groups in total. The van der Waals surface area contributed by atoms with Gasteiger partial charge in [-0.25, -0.2) is 8.78 Å². The predicted molar refractivity (Wildman–Crippen MR) is 82.9 cm³/mol. The Morgan fingerprint density at radius 1 is 1.00 bits per heavy atom. The zero-order valence-electron chi connectivity index (χ0n) is 13.7. The van der Waals surface area contributed by atoms with E-state index in [1.807, 2.05) is 20.8 Å². The summed E-state index contributed by atoms with van der Waals surface area (Å²) in [5.41, 5.74) is -0.742. The SMILES string of the molecule is CC(C)(C)C(=O)N1CCCN(C(=O)c2cc(F)ccc2F)CC1. The lowest BCUT2D eigenvalue weighted by molar-refractivity contribution is -0.139. The molecule has 2 rings (SSSR count). The van der Waals surface area contributed by atoms with Crippen molar-refractivity contribution < 1.29 is 18.4 Å². The maximum Gasteiger partial charge on any atom is 0.256 e. The van der Waals surface area contributed by atoms with Crippen LogP contribution in [0.15, 0.2) is 18.2 Å². The number of halogens is 2. The number of nitrogens with zero attached hydrogens (tertiary/aromatic N) is 2. The molecule has 1 aromatic rings. The number of hydrogen-bond acceptors (Lipinski definition) is 2.